The Morgan fingerprint density at radius 1 is 0.720 bits per heavy atom. The summed E-state index contributed by atoms with van der Waals surface area (Å²) in [5.41, 5.74) is 10.1. The van der Waals surface area contributed by atoms with E-state index in [-0.39, 0.29) is 0 Å². The van der Waals surface area contributed by atoms with Crippen molar-refractivity contribution in [3.63, 3.8) is 0 Å². The zero-order valence-electron chi connectivity index (χ0n) is 12.6. The first kappa shape index (κ1) is 22.1. The van der Waals surface area contributed by atoms with Gasteiger partial charge in [-0.1, -0.05) is 0 Å². The monoisotopic (exact) mass is 364 g/mol. The summed E-state index contributed by atoms with van der Waals surface area (Å²) in [5.74, 6) is -8.67. The highest BCUT2D eigenvalue weighted by Crippen LogP contribution is 2.02. The fourth-order valence-corrected chi connectivity index (χ4v) is 1.21. The lowest BCUT2D eigenvalue weighted by Crippen LogP contribution is -2.36. The van der Waals surface area contributed by atoms with Gasteiger partial charge in [0.25, 0.3) is 0 Å². The molecule has 7 N–H and O–H groups in total. The Morgan fingerprint density at radius 2 is 1.08 bits per heavy atom. The summed E-state index contributed by atoms with van der Waals surface area (Å²) in [6.45, 7) is 0. The molecule has 0 bridgehead atoms. The third-order valence-corrected chi connectivity index (χ3v) is 2.48. The van der Waals surface area contributed by atoms with Crippen molar-refractivity contribution in [2.45, 2.75) is 37.5 Å². The topological polar surface area (TPSA) is 234 Å². The Hall–Kier alpha value is -2.90. The minimum atomic E-state index is -2.18. The van der Waals surface area contributed by atoms with E-state index in [9.17, 15) is 33.9 Å². The molecule has 0 radical (unpaired) electrons. The van der Waals surface area contributed by atoms with Crippen LogP contribution in [-0.2, 0) is 38.2 Å². The molecule has 0 aliphatic carbocycles. The minimum absolute atomic E-state index is 0.826. The molecule has 0 saturated heterocycles. The van der Waals surface area contributed by atoms with E-state index in [1.54, 1.807) is 0 Å². The van der Waals surface area contributed by atoms with Crippen molar-refractivity contribution in [3.8, 4) is 0 Å². The molecule has 0 aromatic carbocycles. The van der Waals surface area contributed by atoms with Crippen molar-refractivity contribution in [3.05, 3.63) is 0 Å². The maximum atomic E-state index is 11.3. The fraction of sp³-hybridized carbons (Fsp3) is 0.500. The molecule has 0 heterocycles. The Morgan fingerprint density at radius 3 is 1.48 bits per heavy atom. The number of aliphatic carboxylic acids is 2. The van der Waals surface area contributed by atoms with Gasteiger partial charge in [-0.25, -0.2) is 4.79 Å². The summed E-state index contributed by atoms with van der Waals surface area (Å²) < 4.78 is 8.19. The molecule has 140 valence electrons. The van der Waals surface area contributed by atoms with Crippen LogP contribution in [0.2, 0.25) is 0 Å². The Kier molecular flexibility index (Phi) is 8.90. The quantitative estimate of drug-likeness (QED) is 0.197. The van der Waals surface area contributed by atoms with E-state index in [0.29, 0.717) is 0 Å². The predicted molar refractivity (Wildman–Crippen MR) is 73.3 cm³/mol. The summed E-state index contributed by atoms with van der Waals surface area (Å²) in [6.07, 6.45) is -4.94. The number of carbonyl (C=O) groups excluding carboxylic acids is 4. The van der Waals surface area contributed by atoms with E-state index >= 15 is 0 Å². The van der Waals surface area contributed by atoms with Gasteiger partial charge in [0, 0.05) is 0 Å². The summed E-state index contributed by atoms with van der Waals surface area (Å²) >= 11 is 0. The van der Waals surface area contributed by atoms with Gasteiger partial charge in [0.15, 0.2) is 6.10 Å². The van der Waals surface area contributed by atoms with Crippen LogP contribution in [0.5, 0.6) is 0 Å². The Bertz CT molecular complexity index is 573. The minimum Gasteiger partial charge on any atom is -0.480 e. The van der Waals surface area contributed by atoms with Crippen molar-refractivity contribution in [1.82, 2.24) is 0 Å². The molecule has 0 aliphatic rings. The molecule has 25 heavy (non-hydrogen) atoms. The molecule has 0 aromatic rings. The van der Waals surface area contributed by atoms with Crippen LogP contribution >= 0.6 is 0 Å². The SMILES string of the molecule is N[C@@H](CC(=O)OC(=O)CC(O)C(=O)OC(=O)C[C@H](N)C(=O)O)C(=O)O. The zero-order valence-corrected chi connectivity index (χ0v) is 12.6. The van der Waals surface area contributed by atoms with Crippen LogP contribution in [0, 0.1) is 0 Å². The number of carbonyl (C=O) groups is 6. The summed E-state index contributed by atoms with van der Waals surface area (Å²) in [4.78, 5) is 65.8. The molecule has 0 rings (SSSR count). The normalized spacial score (nSPS) is 13.9. The number of hydrogen-bond donors (Lipinski definition) is 5. The largest absolute Gasteiger partial charge is 0.480 e. The van der Waals surface area contributed by atoms with Gasteiger partial charge < -0.3 is 36.3 Å². The molecule has 1 unspecified atom stereocenters. The Balaban J connectivity index is 4.36. The van der Waals surface area contributed by atoms with Gasteiger partial charge in [0.2, 0.25) is 0 Å². The molecule has 13 heteroatoms. The standard InChI is InChI=1S/C12H16N2O11/c13-4(10(19)20)1-7(16)24-9(18)3-6(15)12(23)25-8(17)2-5(14)11(21)22/h4-6,15H,1-3,13-14H2,(H,19,20)(H,21,22)/t4-,5-,6?/m0/s1. The molecular weight excluding hydrogens is 348 g/mol. The first-order valence-electron chi connectivity index (χ1n) is 6.56. The number of carboxylic acids is 2. The van der Waals surface area contributed by atoms with Gasteiger partial charge in [0.05, 0.1) is 19.3 Å². The molecule has 0 fully saturated rings. The van der Waals surface area contributed by atoms with Gasteiger partial charge in [-0.15, -0.1) is 0 Å². The van der Waals surface area contributed by atoms with E-state index in [1.165, 1.54) is 0 Å². The number of ether oxygens (including phenoxy) is 2. The number of esters is 4. The van der Waals surface area contributed by atoms with Crippen molar-refractivity contribution in [2.24, 2.45) is 11.5 Å². The van der Waals surface area contributed by atoms with E-state index in [4.69, 9.17) is 21.7 Å². The van der Waals surface area contributed by atoms with Crippen LogP contribution in [0.3, 0.4) is 0 Å². The average molecular weight is 364 g/mol. The molecule has 0 spiro atoms. The average Bonchev–Trinajstić information content (AvgIpc) is 2.45. The number of nitrogens with two attached hydrogens (primary N) is 2. The van der Waals surface area contributed by atoms with Crippen LogP contribution in [-0.4, -0.2) is 69.3 Å². The first-order chi connectivity index (χ1) is 11.4. The highest BCUT2D eigenvalue weighted by molar-refractivity contribution is 5.94. The van der Waals surface area contributed by atoms with Crippen molar-refractivity contribution >= 4 is 35.8 Å². The maximum Gasteiger partial charge on any atom is 0.343 e. The van der Waals surface area contributed by atoms with Gasteiger partial charge >= 0.3 is 35.8 Å². The van der Waals surface area contributed by atoms with Crippen LogP contribution in [0.25, 0.3) is 0 Å². The number of carboxylic acid groups (broad SMARTS) is 2. The van der Waals surface area contributed by atoms with Gasteiger partial charge in [0.1, 0.15) is 12.1 Å². The van der Waals surface area contributed by atoms with Crippen molar-refractivity contribution in [1.29, 1.82) is 0 Å². The molecule has 0 aliphatic heterocycles. The van der Waals surface area contributed by atoms with E-state index in [2.05, 4.69) is 9.47 Å². The van der Waals surface area contributed by atoms with Gasteiger partial charge in [-0.2, -0.15) is 0 Å². The molecular formula is C12H16N2O11. The highest BCUT2D eigenvalue weighted by atomic mass is 16.6. The highest BCUT2D eigenvalue weighted by Gasteiger charge is 2.27. The van der Waals surface area contributed by atoms with Crippen LogP contribution in [0.4, 0.5) is 0 Å². The fourth-order valence-electron chi connectivity index (χ4n) is 1.21. The summed E-state index contributed by atoms with van der Waals surface area (Å²) in [6, 6.07) is -3.23. The second kappa shape index (κ2) is 10.1. The van der Waals surface area contributed by atoms with Crippen LogP contribution in [0.15, 0.2) is 0 Å². The lowest BCUT2D eigenvalue weighted by atomic mass is 10.2. The maximum absolute atomic E-state index is 11.3. The first-order valence-corrected chi connectivity index (χ1v) is 6.56. The third kappa shape index (κ3) is 9.09. The van der Waals surface area contributed by atoms with Gasteiger partial charge in [-0.3, -0.25) is 24.0 Å². The molecule has 13 nitrogen and oxygen atoms in total. The summed E-state index contributed by atoms with van der Waals surface area (Å²) in [5, 5.41) is 26.3. The van der Waals surface area contributed by atoms with Crippen LogP contribution in [0.1, 0.15) is 19.3 Å². The van der Waals surface area contributed by atoms with Crippen molar-refractivity contribution < 1.29 is 53.6 Å². The zero-order chi connectivity index (χ0) is 19.7. The third-order valence-electron chi connectivity index (χ3n) is 2.48. The second-order valence-corrected chi connectivity index (χ2v) is 4.66. The van der Waals surface area contributed by atoms with Gasteiger partial charge in [-0.05, 0) is 0 Å². The number of rotatable bonds is 9. The molecule has 0 saturated carbocycles. The van der Waals surface area contributed by atoms with Crippen molar-refractivity contribution in [2.75, 3.05) is 0 Å². The van der Waals surface area contributed by atoms with E-state index in [1.807, 2.05) is 0 Å². The lowest BCUT2D eigenvalue weighted by Gasteiger charge is -2.10. The van der Waals surface area contributed by atoms with E-state index in [0.717, 1.165) is 0 Å². The number of aliphatic hydroxyl groups excluding tert-OH is 1. The molecule has 3 atom stereocenters. The number of aliphatic hydroxyl groups is 1. The molecule has 0 aromatic heterocycles. The smallest absolute Gasteiger partial charge is 0.343 e. The van der Waals surface area contributed by atoms with E-state index < -0.39 is 73.3 Å². The lowest BCUT2D eigenvalue weighted by molar-refractivity contribution is -0.172. The Labute approximate surface area is 139 Å². The second-order valence-electron chi connectivity index (χ2n) is 4.66. The molecule has 0 amide bonds. The number of hydrogen-bond acceptors (Lipinski definition) is 11. The predicted octanol–water partition coefficient (Wildman–Crippen LogP) is -3.52. The summed E-state index contributed by atoms with van der Waals surface area (Å²) in [7, 11) is 0. The van der Waals surface area contributed by atoms with Crippen LogP contribution < -0.4 is 11.5 Å².